The molecule has 0 saturated carbocycles. The standard InChI is InChI=1S/C31H28N2O7S/c1-4-38-20-8-9-21-25(15-20)41-31(32-21)33-27(17-6-10-22(34)24(14-17)39-5-2)26(29(36)30(33)37)28(35)18-7-11-23-19(13-18)12-16(3)40-23/h6-11,13-16,27,34-35H,4-5,12H2,1-3H3/b28-26+/t16-,27-/m0/s1. The fraction of sp³-hybridized carbons (Fsp3) is 0.258. The first kappa shape index (κ1) is 26.6. The van der Waals surface area contributed by atoms with Gasteiger partial charge < -0.3 is 24.4 Å². The normalized spacial score (nSPS) is 19.4. The van der Waals surface area contributed by atoms with Crippen LogP contribution in [-0.2, 0) is 16.0 Å². The molecule has 0 aliphatic carbocycles. The molecule has 9 nitrogen and oxygen atoms in total. The van der Waals surface area contributed by atoms with Crippen molar-refractivity contribution in [1.29, 1.82) is 0 Å². The predicted molar refractivity (Wildman–Crippen MR) is 155 cm³/mol. The number of carbonyl (C=O) groups excluding carboxylic acids is 2. The monoisotopic (exact) mass is 572 g/mol. The highest BCUT2D eigenvalue weighted by Crippen LogP contribution is 2.46. The fourth-order valence-corrected chi connectivity index (χ4v) is 6.31. The minimum absolute atomic E-state index is 0.00392. The van der Waals surface area contributed by atoms with Gasteiger partial charge in [-0.15, -0.1) is 0 Å². The van der Waals surface area contributed by atoms with E-state index in [0.717, 1.165) is 16.0 Å². The van der Waals surface area contributed by atoms with Crippen LogP contribution < -0.4 is 19.1 Å². The first-order valence-electron chi connectivity index (χ1n) is 13.4. The topological polar surface area (TPSA) is 118 Å². The number of rotatable bonds is 7. The molecular weight excluding hydrogens is 544 g/mol. The number of hydrogen-bond acceptors (Lipinski definition) is 9. The van der Waals surface area contributed by atoms with Crippen molar-refractivity contribution in [1.82, 2.24) is 4.98 Å². The minimum Gasteiger partial charge on any atom is -0.507 e. The molecule has 10 heteroatoms. The number of aliphatic hydroxyl groups is 1. The van der Waals surface area contributed by atoms with E-state index in [2.05, 4.69) is 4.98 Å². The first-order chi connectivity index (χ1) is 19.8. The molecule has 1 amide bonds. The average Bonchev–Trinajstić information content (AvgIpc) is 3.62. The maximum Gasteiger partial charge on any atom is 0.301 e. The molecule has 1 fully saturated rings. The van der Waals surface area contributed by atoms with Crippen molar-refractivity contribution in [2.45, 2.75) is 39.3 Å². The highest BCUT2D eigenvalue weighted by molar-refractivity contribution is 7.22. The second kappa shape index (κ2) is 10.4. The quantitative estimate of drug-likeness (QED) is 0.163. The average molecular weight is 573 g/mol. The number of benzene rings is 3. The van der Waals surface area contributed by atoms with Crippen LogP contribution in [0.1, 0.15) is 43.5 Å². The Labute approximate surface area is 240 Å². The minimum atomic E-state index is -1.02. The number of fused-ring (bicyclic) bond motifs is 2. The number of ketones is 1. The molecule has 2 N–H and O–H groups in total. The zero-order chi connectivity index (χ0) is 28.8. The van der Waals surface area contributed by atoms with E-state index in [-0.39, 0.29) is 28.9 Å². The molecule has 2 atom stereocenters. The second-order valence-electron chi connectivity index (χ2n) is 9.84. The zero-order valence-corrected chi connectivity index (χ0v) is 23.5. The van der Waals surface area contributed by atoms with Crippen molar-refractivity contribution in [2.75, 3.05) is 18.1 Å². The number of phenols is 1. The summed E-state index contributed by atoms with van der Waals surface area (Å²) in [5.41, 5.74) is 2.34. The molecular formula is C31H28N2O7S. The van der Waals surface area contributed by atoms with Crippen LogP contribution in [0.25, 0.3) is 16.0 Å². The van der Waals surface area contributed by atoms with Crippen LogP contribution in [0.5, 0.6) is 23.0 Å². The lowest BCUT2D eigenvalue weighted by molar-refractivity contribution is -0.132. The molecule has 1 saturated heterocycles. The maximum atomic E-state index is 13.7. The Morgan fingerprint density at radius 3 is 2.66 bits per heavy atom. The summed E-state index contributed by atoms with van der Waals surface area (Å²) in [5, 5.41) is 22.2. The highest BCUT2D eigenvalue weighted by atomic mass is 32.1. The summed E-state index contributed by atoms with van der Waals surface area (Å²) >= 11 is 1.24. The van der Waals surface area contributed by atoms with E-state index < -0.39 is 17.7 Å². The van der Waals surface area contributed by atoms with E-state index in [4.69, 9.17) is 14.2 Å². The van der Waals surface area contributed by atoms with Crippen LogP contribution in [0.4, 0.5) is 5.13 Å². The summed E-state index contributed by atoms with van der Waals surface area (Å²) in [6.07, 6.45) is 0.670. The van der Waals surface area contributed by atoms with Crippen LogP contribution >= 0.6 is 11.3 Å². The molecule has 4 aromatic rings. The third kappa shape index (κ3) is 4.63. The molecule has 3 aromatic carbocycles. The number of aliphatic hydroxyl groups excluding tert-OH is 1. The first-order valence-corrected chi connectivity index (χ1v) is 14.2. The molecule has 2 aliphatic heterocycles. The van der Waals surface area contributed by atoms with E-state index in [0.29, 0.717) is 47.2 Å². The van der Waals surface area contributed by atoms with Gasteiger partial charge in [0.15, 0.2) is 16.6 Å². The Bertz CT molecular complexity index is 1730. The number of hydrogen-bond donors (Lipinski definition) is 2. The molecule has 0 unspecified atom stereocenters. The lowest BCUT2D eigenvalue weighted by Crippen LogP contribution is -2.29. The lowest BCUT2D eigenvalue weighted by Gasteiger charge is -2.23. The van der Waals surface area contributed by atoms with Crippen LogP contribution in [0.2, 0.25) is 0 Å². The number of ether oxygens (including phenoxy) is 3. The Morgan fingerprint density at radius 1 is 1.07 bits per heavy atom. The predicted octanol–water partition coefficient (Wildman–Crippen LogP) is 5.75. The molecule has 6 rings (SSSR count). The lowest BCUT2D eigenvalue weighted by atomic mass is 9.94. The van der Waals surface area contributed by atoms with Gasteiger partial charge in [-0.2, -0.15) is 0 Å². The van der Waals surface area contributed by atoms with Crippen LogP contribution in [-0.4, -0.2) is 46.2 Å². The summed E-state index contributed by atoms with van der Waals surface area (Å²) < 4.78 is 17.8. The van der Waals surface area contributed by atoms with Crippen LogP contribution in [0.3, 0.4) is 0 Å². The van der Waals surface area contributed by atoms with Gasteiger partial charge in [0.25, 0.3) is 5.78 Å². The van der Waals surface area contributed by atoms with Crippen molar-refractivity contribution in [3.8, 4) is 23.0 Å². The highest BCUT2D eigenvalue weighted by Gasteiger charge is 2.48. The van der Waals surface area contributed by atoms with Gasteiger partial charge >= 0.3 is 5.91 Å². The number of nitrogens with zero attached hydrogens (tertiary/aromatic N) is 2. The summed E-state index contributed by atoms with van der Waals surface area (Å²) in [6.45, 7) is 6.44. The molecule has 41 heavy (non-hydrogen) atoms. The SMILES string of the molecule is CCOc1ccc2nc(N3C(=O)C(=O)/C(=C(/O)c4ccc5c(c4)C[C@H](C)O5)[C@@H]3c3ccc(O)c(OCC)c3)sc2c1. The Hall–Kier alpha value is -4.57. The summed E-state index contributed by atoms with van der Waals surface area (Å²) in [6, 6.07) is 14.3. The number of thiazole rings is 1. The molecule has 1 aromatic heterocycles. The summed E-state index contributed by atoms with van der Waals surface area (Å²) in [5.74, 6) is -0.434. The third-order valence-corrected chi connectivity index (χ3v) is 8.10. The van der Waals surface area contributed by atoms with Gasteiger partial charge in [-0.3, -0.25) is 14.5 Å². The van der Waals surface area contributed by atoms with Gasteiger partial charge in [-0.25, -0.2) is 4.98 Å². The van der Waals surface area contributed by atoms with E-state index in [1.165, 1.54) is 22.3 Å². The van der Waals surface area contributed by atoms with Gasteiger partial charge in [0.2, 0.25) is 0 Å². The van der Waals surface area contributed by atoms with Gasteiger partial charge in [-0.1, -0.05) is 17.4 Å². The Morgan fingerprint density at radius 2 is 1.88 bits per heavy atom. The molecule has 210 valence electrons. The van der Waals surface area contributed by atoms with Gasteiger partial charge in [-0.05, 0) is 80.4 Å². The number of anilines is 1. The van der Waals surface area contributed by atoms with Gasteiger partial charge in [0, 0.05) is 12.0 Å². The number of Topliss-reactive ketones (excluding diaryl/α,β-unsaturated/α-hetero) is 1. The van der Waals surface area contributed by atoms with Gasteiger partial charge in [0.05, 0.1) is 35.0 Å². The van der Waals surface area contributed by atoms with E-state index in [1.54, 1.807) is 49.4 Å². The third-order valence-electron chi connectivity index (χ3n) is 7.08. The van der Waals surface area contributed by atoms with E-state index in [1.807, 2.05) is 19.9 Å². The molecule has 2 aliphatic rings. The fourth-order valence-electron chi connectivity index (χ4n) is 5.29. The molecule has 0 radical (unpaired) electrons. The van der Waals surface area contributed by atoms with Crippen molar-refractivity contribution in [3.05, 3.63) is 76.9 Å². The summed E-state index contributed by atoms with van der Waals surface area (Å²) in [7, 11) is 0. The van der Waals surface area contributed by atoms with Crippen LogP contribution in [0.15, 0.2) is 60.2 Å². The largest absolute Gasteiger partial charge is 0.507 e. The van der Waals surface area contributed by atoms with Crippen molar-refractivity contribution >= 4 is 44.1 Å². The molecule has 0 spiro atoms. The number of carbonyl (C=O) groups is 2. The van der Waals surface area contributed by atoms with E-state index >= 15 is 0 Å². The number of amides is 1. The van der Waals surface area contributed by atoms with E-state index in [9.17, 15) is 19.8 Å². The zero-order valence-electron chi connectivity index (χ0n) is 22.7. The van der Waals surface area contributed by atoms with Gasteiger partial charge in [0.1, 0.15) is 23.4 Å². The van der Waals surface area contributed by atoms with Crippen molar-refractivity contribution < 1.29 is 34.0 Å². The van der Waals surface area contributed by atoms with Crippen molar-refractivity contribution in [2.24, 2.45) is 0 Å². The number of aromatic nitrogens is 1. The smallest absolute Gasteiger partial charge is 0.301 e. The summed E-state index contributed by atoms with van der Waals surface area (Å²) in [4.78, 5) is 33.3. The Kier molecular flexibility index (Phi) is 6.78. The number of aromatic hydroxyl groups is 1. The maximum absolute atomic E-state index is 13.7. The number of phenolic OH excluding ortho intramolecular Hbond substituents is 1. The molecule has 3 heterocycles. The van der Waals surface area contributed by atoms with Crippen LogP contribution in [0, 0.1) is 0 Å². The van der Waals surface area contributed by atoms with Crippen molar-refractivity contribution in [3.63, 3.8) is 0 Å². The molecule has 0 bridgehead atoms. The second-order valence-corrected chi connectivity index (χ2v) is 10.9. The Balaban J connectivity index is 1.53.